The highest BCUT2D eigenvalue weighted by atomic mass is 16.5. The van der Waals surface area contributed by atoms with Gasteiger partial charge in [-0.05, 0) is 18.6 Å². The molecule has 2 heterocycles. The zero-order valence-corrected chi connectivity index (χ0v) is 13.6. The summed E-state index contributed by atoms with van der Waals surface area (Å²) in [5, 5.41) is 11.1. The lowest BCUT2D eigenvalue weighted by Crippen LogP contribution is -2.50. The molecule has 8 heteroatoms. The van der Waals surface area contributed by atoms with Crippen molar-refractivity contribution in [3.05, 3.63) is 17.8 Å². The molecule has 0 bridgehead atoms. The Morgan fingerprint density at radius 1 is 1.17 bits per heavy atom. The van der Waals surface area contributed by atoms with Crippen molar-refractivity contribution >= 4 is 17.6 Å². The number of nitrogens with one attached hydrogen (secondary N) is 1. The maximum atomic E-state index is 12.4. The summed E-state index contributed by atoms with van der Waals surface area (Å²) in [6, 6.07) is 3.42. The van der Waals surface area contributed by atoms with Gasteiger partial charge in [-0.2, -0.15) is 0 Å². The van der Waals surface area contributed by atoms with Gasteiger partial charge < -0.3 is 19.9 Å². The van der Waals surface area contributed by atoms with Crippen LogP contribution in [0, 0.1) is 0 Å². The van der Waals surface area contributed by atoms with Crippen LogP contribution < -0.4 is 5.32 Å². The first-order chi connectivity index (χ1) is 11.1. The smallest absolute Gasteiger partial charge is 0.274 e. The molecule has 1 N–H and O–H groups in total. The van der Waals surface area contributed by atoms with E-state index in [4.69, 9.17) is 4.74 Å². The zero-order chi connectivity index (χ0) is 16.7. The molecule has 1 aromatic heterocycles. The minimum atomic E-state index is -0.147. The molecule has 23 heavy (non-hydrogen) atoms. The third kappa shape index (κ3) is 4.88. The number of amides is 2. The van der Waals surface area contributed by atoms with Gasteiger partial charge >= 0.3 is 0 Å². The van der Waals surface area contributed by atoms with Crippen LogP contribution in [-0.4, -0.2) is 78.3 Å². The molecule has 0 aliphatic carbocycles. The zero-order valence-electron chi connectivity index (χ0n) is 13.6. The van der Waals surface area contributed by atoms with E-state index in [9.17, 15) is 9.59 Å². The molecule has 0 spiro atoms. The number of piperazine rings is 1. The van der Waals surface area contributed by atoms with Crippen LogP contribution >= 0.6 is 0 Å². The highest BCUT2D eigenvalue weighted by Crippen LogP contribution is 2.08. The Bertz CT molecular complexity index is 526. The van der Waals surface area contributed by atoms with Gasteiger partial charge in [0.2, 0.25) is 5.91 Å². The Hall–Kier alpha value is -2.22. The van der Waals surface area contributed by atoms with E-state index in [0.717, 1.165) is 13.0 Å². The molecule has 0 atom stereocenters. The highest BCUT2D eigenvalue weighted by molar-refractivity contribution is 5.92. The van der Waals surface area contributed by atoms with E-state index in [0.29, 0.717) is 44.3 Å². The van der Waals surface area contributed by atoms with E-state index in [1.165, 1.54) is 0 Å². The van der Waals surface area contributed by atoms with Gasteiger partial charge in [0.15, 0.2) is 5.69 Å². The largest absolute Gasteiger partial charge is 0.385 e. The number of hydrogen-bond donors (Lipinski definition) is 1. The van der Waals surface area contributed by atoms with Crippen LogP contribution in [-0.2, 0) is 9.53 Å². The maximum Gasteiger partial charge on any atom is 0.274 e. The number of anilines is 1. The number of carbonyl (C=O) groups excluding carboxylic acids is 2. The number of ether oxygens (including phenoxy) is 1. The Kier molecular flexibility index (Phi) is 6.28. The van der Waals surface area contributed by atoms with Crippen molar-refractivity contribution in [1.29, 1.82) is 0 Å². The first-order valence-corrected chi connectivity index (χ1v) is 7.73. The molecule has 1 aliphatic heterocycles. The predicted molar refractivity (Wildman–Crippen MR) is 85.2 cm³/mol. The average molecular weight is 321 g/mol. The normalized spacial score (nSPS) is 14.7. The fourth-order valence-corrected chi connectivity index (χ4v) is 2.36. The molecular weight excluding hydrogens is 298 g/mol. The van der Waals surface area contributed by atoms with Crippen LogP contribution in [0.4, 0.5) is 5.82 Å². The quantitative estimate of drug-likeness (QED) is 0.755. The number of rotatable bonds is 6. The van der Waals surface area contributed by atoms with Gasteiger partial charge in [-0.1, -0.05) is 0 Å². The number of carbonyl (C=O) groups is 2. The summed E-state index contributed by atoms with van der Waals surface area (Å²) in [7, 11) is 1.66. The number of aromatic nitrogens is 2. The van der Waals surface area contributed by atoms with Crippen LogP contribution in [0.2, 0.25) is 0 Å². The fraction of sp³-hybridized carbons (Fsp3) is 0.600. The molecule has 2 amide bonds. The Morgan fingerprint density at radius 3 is 2.43 bits per heavy atom. The third-order valence-electron chi connectivity index (χ3n) is 3.73. The standard InChI is InChI=1S/C15H23N5O3/c1-12(21)19-7-9-20(10-8-19)15(22)13-4-5-14(18-17-13)16-6-3-11-23-2/h4-5H,3,6-11H2,1-2H3,(H,16,18). The maximum absolute atomic E-state index is 12.4. The van der Waals surface area contributed by atoms with Gasteiger partial charge in [0.05, 0.1) is 0 Å². The summed E-state index contributed by atoms with van der Waals surface area (Å²) >= 11 is 0. The van der Waals surface area contributed by atoms with Crippen LogP contribution in [0.15, 0.2) is 12.1 Å². The van der Waals surface area contributed by atoms with E-state index >= 15 is 0 Å². The van der Waals surface area contributed by atoms with E-state index < -0.39 is 0 Å². The molecule has 1 saturated heterocycles. The molecule has 1 aromatic rings. The topological polar surface area (TPSA) is 87.7 Å². The molecule has 0 radical (unpaired) electrons. The predicted octanol–water partition coefficient (Wildman–Crippen LogP) is 0.229. The van der Waals surface area contributed by atoms with E-state index in [1.54, 1.807) is 36.0 Å². The van der Waals surface area contributed by atoms with Crippen molar-refractivity contribution in [1.82, 2.24) is 20.0 Å². The van der Waals surface area contributed by atoms with E-state index in [-0.39, 0.29) is 11.8 Å². The van der Waals surface area contributed by atoms with Crippen LogP contribution in [0.1, 0.15) is 23.8 Å². The Balaban J connectivity index is 1.84. The van der Waals surface area contributed by atoms with Gasteiger partial charge in [0, 0.05) is 53.4 Å². The highest BCUT2D eigenvalue weighted by Gasteiger charge is 2.24. The lowest BCUT2D eigenvalue weighted by atomic mass is 10.2. The Morgan fingerprint density at radius 2 is 1.87 bits per heavy atom. The molecule has 1 aliphatic rings. The molecule has 0 saturated carbocycles. The molecule has 1 fully saturated rings. The second-order valence-electron chi connectivity index (χ2n) is 5.38. The fourth-order valence-electron chi connectivity index (χ4n) is 2.36. The van der Waals surface area contributed by atoms with Gasteiger partial charge in [-0.25, -0.2) is 0 Å². The summed E-state index contributed by atoms with van der Waals surface area (Å²) in [5.74, 6) is 0.534. The second kappa shape index (κ2) is 8.42. The van der Waals surface area contributed by atoms with Crippen LogP contribution in [0.3, 0.4) is 0 Å². The summed E-state index contributed by atoms with van der Waals surface area (Å²) in [5.41, 5.74) is 0.323. The van der Waals surface area contributed by atoms with Crippen molar-refractivity contribution < 1.29 is 14.3 Å². The second-order valence-corrected chi connectivity index (χ2v) is 5.38. The molecule has 0 unspecified atom stereocenters. The van der Waals surface area contributed by atoms with Crippen molar-refractivity contribution in [3.63, 3.8) is 0 Å². The van der Waals surface area contributed by atoms with Crippen LogP contribution in [0.5, 0.6) is 0 Å². The minimum absolute atomic E-state index is 0.0424. The lowest BCUT2D eigenvalue weighted by molar-refractivity contribution is -0.130. The Labute approximate surface area is 135 Å². The van der Waals surface area contributed by atoms with Gasteiger partial charge in [-0.3, -0.25) is 9.59 Å². The van der Waals surface area contributed by atoms with Gasteiger partial charge in [0.1, 0.15) is 5.82 Å². The summed E-state index contributed by atoms with van der Waals surface area (Å²) in [4.78, 5) is 27.1. The molecule has 126 valence electrons. The summed E-state index contributed by atoms with van der Waals surface area (Å²) < 4.78 is 4.97. The monoisotopic (exact) mass is 321 g/mol. The SMILES string of the molecule is COCCCNc1ccc(C(=O)N2CCN(C(C)=O)CC2)nn1. The number of methoxy groups -OCH3 is 1. The molecule has 2 rings (SSSR count). The molecule has 8 nitrogen and oxygen atoms in total. The number of nitrogens with zero attached hydrogens (tertiary/aromatic N) is 4. The molecular formula is C15H23N5O3. The van der Waals surface area contributed by atoms with Crippen molar-refractivity contribution in [3.8, 4) is 0 Å². The van der Waals surface area contributed by atoms with Crippen LogP contribution in [0.25, 0.3) is 0 Å². The summed E-state index contributed by atoms with van der Waals surface area (Å²) in [6.45, 7) is 5.14. The lowest BCUT2D eigenvalue weighted by Gasteiger charge is -2.33. The number of hydrogen-bond acceptors (Lipinski definition) is 6. The first kappa shape index (κ1) is 17.1. The van der Waals surface area contributed by atoms with Crippen molar-refractivity contribution in [2.24, 2.45) is 0 Å². The minimum Gasteiger partial charge on any atom is -0.385 e. The third-order valence-corrected chi connectivity index (χ3v) is 3.73. The average Bonchev–Trinajstić information content (AvgIpc) is 2.59. The molecule has 0 aromatic carbocycles. The van der Waals surface area contributed by atoms with Crippen molar-refractivity contribution in [2.45, 2.75) is 13.3 Å². The van der Waals surface area contributed by atoms with E-state index in [2.05, 4.69) is 15.5 Å². The van der Waals surface area contributed by atoms with Crippen molar-refractivity contribution in [2.75, 3.05) is 51.8 Å². The van der Waals surface area contributed by atoms with E-state index in [1.807, 2.05) is 0 Å². The summed E-state index contributed by atoms with van der Waals surface area (Å²) in [6.07, 6.45) is 0.874. The first-order valence-electron chi connectivity index (χ1n) is 7.73. The van der Waals surface area contributed by atoms with Gasteiger partial charge in [-0.15, -0.1) is 10.2 Å². The van der Waals surface area contributed by atoms with Gasteiger partial charge in [0.25, 0.3) is 5.91 Å².